The Kier molecular flexibility index (Phi) is 6.37. The molecule has 4 nitrogen and oxygen atoms in total. The maximum absolute atomic E-state index is 12.7. The van der Waals surface area contributed by atoms with Gasteiger partial charge >= 0.3 is 6.09 Å². The highest BCUT2D eigenvalue weighted by Crippen LogP contribution is 2.18. The fourth-order valence-corrected chi connectivity index (χ4v) is 3.08. The number of amides is 1. The molecule has 1 amide bonds. The fraction of sp³-hybridized carbons (Fsp3) is 0.400. The molecule has 1 heterocycles. The van der Waals surface area contributed by atoms with E-state index in [2.05, 4.69) is 0 Å². The van der Waals surface area contributed by atoms with Crippen LogP contribution in [0.2, 0.25) is 0 Å². The second-order valence-electron chi connectivity index (χ2n) is 6.99. The van der Waals surface area contributed by atoms with Crippen molar-refractivity contribution in [2.75, 3.05) is 0 Å². The minimum atomic E-state index is -0.609. The average Bonchev–Trinajstić information content (AvgIpc) is 3.04. The van der Waals surface area contributed by atoms with E-state index in [-0.39, 0.29) is 5.78 Å². The molecule has 0 saturated heterocycles. The zero-order valence-corrected chi connectivity index (χ0v) is 16.0. The van der Waals surface area contributed by atoms with Crippen LogP contribution >= 0.6 is 11.3 Å². The van der Waals surface area contributed by atoms with E-state index < -0.39 is 17.7 Å². The third-order valence-electron chi connectivity index (χ3n) is 3.69. The molecule has 0 aliphatic rings. The van der Waals surface area contributed by atoms with E-state index in [0.29, 0.717) is 13.0 Å². The third-order valence-corrected chi connectivity index (χ3v) is 4.56. The lowest BCUT2D eigenvalue weighted by Crippen LogP contribution is -2.45. The molecule has 25 heavy (non-hydrogen) atoms. The lowest BCUT2D eigenvalue weighted by Gasteiger charge is -2.31. The Morgan fingerprint density at radius 3 is 2.36 bits per heavy atom. The van der Waals surface area contributed by atoms with Crippen LogP contribution in [-0.4, -0.2) is 28.4 Å². The van der Waals surface area contributed by atoms with Crippen LogP contribution in [0.25, 0.3) is 0 Å². The van der Waals surface area contributed by atoms with E-state index in [1.807, 2.05) is 68.6 Å². The number of ether oxygens (including phenoxy) is 1. The van der Waals surface area contributed by atoms with Crippen LogP contribution in [-0.2, 0) is 22.5 Å². The Morgan fingerprint density at radius 1 is 1.12 bits per heavy atom. The number of carbonyl (C=O) groups is 2. The van der Waals surface area contributed by atoms with Crippen molar-refractivity contribution in [1.29, 1.82) is 0 Å². The van der Waals surface area contributed by atoms with Gasteiger partial charge in [0.2, 0.25) is 0 Å². The van der Waals surface area contributed by atoms with Crippen LogP contribution in [0.3, 0.4) is 0 Å². The maximum atomic E-state index is 12.7. The van der Waals surface area contributed by atoms with Crippen molar-refractivity contribution >= 4 is 23.2 Å². The first-order valence-electron chi connectivity index (χ1n) is 8.35. The van der Waals surface area contributed by atoms with Gasteiger partial charge < -0.3 is 4.74 Å². The molecule has 1 aromatic heterocycles. The van der Waals surface area contributed by atoms with E-state index in [1.54, 1.807) is 18.3 Å². The Bertz CT molecular complexity index is 689. The number of Topliss-reactive ketones (excluding diaryl/α,β-unsaturated/α-hetero) is 1. The van der Waals surface area contributed by atoms with E-state index in [0.717, 1.165) is 10.4 Å². The molecule has 0 aliphatic carbocycles. The Morgan fingerprint density at radius 2 is 1.80 bits per heavy atom. The van der Waals surface area contributed by atoms with Gasteiger partial charge in [0.25, 0.3) is 0 Å². The Balaban J connectivity index is 2.16. The zero-order valence-electron chi connectivity index (χ0n) is 15.2. The van der Waals surface area contributed by atoms with Gasteiger partial charge in [-0.15, -0.1) is 11.3 Å². The van der Waals surface area contributed by atoms with Crippen LogP contribution in [0, 0.1) is 0 Å². The van der Waals surface area contributed by atoms with Gasteiger partial charge in [0.05, 0.1) is 6.04 Å². The second-order valence-corrected chi connectivity index (χ2v) is 8.02. The van der Waals surface area contributed by atoms with Crippen molar-refractivity contribution in [2.45, 2.75) is 52.3 Å². The Labute approximate surface area is 153 Å². The van der Waals surface area contributed by atoms with Crippen molar-refractivity contribution in [3.63, 3.8) is 0 Å². The molecule has 0 fully saturated rings. The number of thiophene rings is 1. The molecule has 0 unspecified atom stereocenters. The molecule has 1 atom stereocenters. The van der Waals surface area contributed by atoms with Gasteiger partial charge in [-0.2, -0.15) is 0 Å². The van der Waals surface area contributed by atoms with E-state index in [1.165, 1.54) is 4.90 Å². The van der Waals surface area contributed by atoms with Crippen LogP contribution in [0.1, 0.15) is 38.1 Å². The van der Waals surface area contributed by atoms with Crippen LogP contribution in [0.4, 0.5) is 4.79 Å². The molecule has 0 bridgehead atoms. The number of benzene rings is 1. The van der Waals surface area contributed by atoms with Crippen molar-refractivity contribution in [3.05, 3.63) is 58.3 Å². The summed E-state index contributed by atoms with van der Waals surface area (Å²) in [4.78, 5) is 27.8. The molecule has 2 rings (SSSR count). The number of carbonyl (C=O) groups excluding carboxylic acids is 2. The second kappa shape index (κ2) is 8.30. The highest BCUT2D eigenvalue weighted by atomic mass is 32.1. The summed E-state index contributed by atoms with van der Waals surface area (Å²) in [6.45, 7) is 7.58. The number of nitrogens with zero attached hydrogens (tertiary/aromatic N) is 1. The minimum absolute atomic E-state index is 0.00393. The van der Waals surface area contributed by atoms with Gasteiger partial charge in [-0.1, -0.05) is 36.4 Å². The van der Waals surface area contributed by atoms with Gasteiger partial charge in [0.15, 0.2) is 5.78 Å². The minimum Gasteiger partial charge on any atom is -0.444 e. The predicted octanol–water partition coefficient (Wildman–Crippen LogP) is 4.69. The topological polar surface area (TPSA) is 46.6 Å². The molecule has 2 aromatic rings. The van der Waals surface area contributed by atoms with Crippen molar-refractivity contribution in [2.24, 2.45) is 0 Å². The first-order valence-corrected chi connectivity index (χ1v) is 9.23. The summed E-state index contributed by atoms with van der Waals surface area (Å²) in [7, 11) is 0. The predicted molar refractivity (Wildman–Crippen MR) is 101 cm³/mol. The lowest BCUT2D eigenvalue weighted by atomic mass is 10.1. The van der Waals surface area contributed by atoms with Crippen LogP contribution in [0.5, 0.6) is 0 Å². The average molecular weight is 359 g/mol. The summed E-state index contributed by atoms with van der Waals surface area (Å²) in [6, 6.07) is 12.9. The van der Waals surface area contributed by atoms with Gasteiger partial charge in [0.1, 0.15) is 5.60 Å². The first kappa shape index (κ1) is 19.2. The molecule has 134 valence electrons. The van der Waals surface area contributed by atoms with E-state index in [4.69, 9.17) is 4.74 Å². The number of ketones is 1. The summed E-state index contributed by atoms with van der Waals surface area (Å²) in [5.74, 6) is 0.00393. The summed E-state index contributed by atoms with van der Waals surface area (Å²) in [5, 5.41) is 1.95. The molecule has 0 N–H and O–H groups in total. The third kappa shape index (κ3) is 6.02. The molecule has 0 saturated carbocycles. The molecule has 5 heteroatoms. The standard InChI is InChI=1S/C20H25NO3S/c1-15(18(22)13-17-11-8-12-25-17)21(19(23)24-20(2,3)4)14-16-9-6-5-7-10-16/h5-12,15H,13-14H2,1-4H3/t15-/m0/s1. The summed E-state index contributed by atoms with van der Waals surface area (Å²) in [6.07, 6.45) is -0.143. The first-order chi connectivity index (χ1) is 11.8. The summed E-state index contributed by atoms with van der Waals surface area (Å²) >= 11 is 1.55. The van der Waals surface area contributed by atoms with Gasteiger partial charge in [0, 0.05) is 17.8 Å². The quantitative estimate of drug-likeness (QED) is 0.752. The number of hydrogen-bond donors (Lipinski definition) is 0. The van der Waals surface area contributed by atoms with Crippen molar-refractivity contribution in [3.8, 4) is 0 Å². The molecular formula is C20H25NO3S. The summed E-state index contributed by atoms with van der Waals surface area (Å²) in [5.41, 5.74) is 0.354. The van der Waals surface area contributed by atoms with Gasteiger partial charge in [-0.25, -0.2) is 4.79 Å². The lowest BCUT2D eigenvalue weighted by molar-refractivity contribution is -0.123. The molecular weight excluding hydrogens is 334 g/mol. The van der Waals surface area contributed by atoms with Gasteiger partial charge in [-0.05, 0) is 44.7 Å². The van der Waals surface area contributed by atoms with E-state index >= 15 is 0 Å². The molecule has 1 aromatic carbocycles. The normalized spacial score (nSPS) is 12.5. The summed E-state index contributed by atoms with van der Waals surface area (Å²) < 4.78 is 5.52. The van der Waals surface area contributed by atoms with Gasteiger partial charge in [-0.3, -0.25) is 9.69 Å². The van der Waals surface area contributed by atoms with Crippen molar-refractivity contribution < 1.29 is 14.3 Å². The van der Waals surface area contributed by atoms with E-state index in [9.17, 15) is 9.59 Å². The maximum Gasteiger partial charge on any atom is 0.411 e. The Hall–Kier alpha value is -2.14. The fourth-order valence-electron chi connectivity index (χ4n) is 2.37. The zero-order chi connectivity index (χ0) is 18.4. The largest absolute Gasteiger partial charge is 0.444 e. The smallest absolute Gasteiger partial charge is 0.411 e. The van der Waals surface area contributed by atoms with Crippen molar-refractivity contribution in [1.82, 2.24) is 4.90 Å². The number of hydrogen-bond acceptors (Lipinski definition) is 4. The van der Waals surface area contributed by atoms with Crippen LogP contribution < -0.4 is 0 Å². The molecule has 0 radical (unpaired) electrons. The SMILES string of the molecule is C[C@@H](C(=O)Cc1cccs1)N(Cc1ccccc1)C(=O)OC(C)(C)C. The molecule has 0 spiro atoms. The van der Waals surface area contributed by atoms with Crippen LogP contribution in [0.15, 0.2) is 47.8 Å². The monoisotopic (exact) mass is 359 g/mol. The molecule has 0 aliphatic heterocycles. The number of rotatable bonds is 6. The highest BCUT2D eigenvalue weighted by Gasteiger charge is 2.30. The highest BCUT2D eigenvalue weighted by molar-refractivity contribution is 7.10.